The minimum atomic E-state index is -0.268. The summed E-state index contributed by atoms with van der Waals surface area (Å²) in [5.74, 6) is 1.10. The zero-order chi connectivity index (χ0) is 20.2. The highest BCUT2D eigenvalue weighted by molar-refractivity contribution is 7.97. The van der Waals surface area contributed by atoms with Crippen LogP contribution in [0, 0.1) is 5.82 Å². The third-order valence-electron chi connectivity index (χ3n) is 4.92. The number of nitrogens with zero attached hydrogens (tertiary/aromatic N) is 2. The molecule has 3 aromatic rings. The summed E-state index contributed by atoms with van der Waals surface area (Å²) < 4.78 is 23.0. The van der Waals surface area contributed by atoms with Crippen LogP contribution < -0.4 is 10.1 Å². The Kier molecular flexibility index (Phi) is 6.02. The summed E-state index contributed by atoms with van der Waals surface area (Å²) in [6.45, 7) is 7.49. The van der Waals surface area contributed by atoms with Gasteiger partial charge in [0.05, 0.1) is 6.54 Å². The molecule has 0 radical (unpaired) electrons. The van der Waals surface area contributed by atoms with Crippen molar-refractivity contribution in [2.24, 2.45) is 0 Å². The second-order valence-corrected chi connectivity index (χ2v) is 7.88. The number of aromatic nitrogens is 1. The van der Waals surface area contributed by atoms with E-state index >= 15 is 4.39 Å². The molecule has 1 N–H and O–H groups in total. The number of hydrogen-bond donors (Lipinski definition) is 1. The van der Waals surface area contributed by atoms with Gasteiger partial charge >= 0.3 is 0 Å². The zero-order valence-electron chi connectivity index (χ0n) is 16.6. The Bertz CT molecular complexity index is 1010. The Balaban J connectivity index is 1.66. The molecule has 2 heterocycles. The summed E-state index contributed by atoms with van der Waals surface area (Å²) in [7, 11) is 0. The van der Waals surface area contributed by atoms with Crippen LogP contribution >= 0.6 is 11.9 Å². The highest BCUT2D eigenvalue weighted by Gasteiger charge is 2.16. The Morgan fingerprint density at radius 2 is 1.90 bits per heavy atom. The number of benzene rings is 2. The van der Waals surface area contributed by atoms with E-state index in [0.717, 1.165) is 35.7 Å². The Morgan fingerprint density at radius 3 is 2.69 bits per heavy atom. The topological polar surface area (TPSA) is 37.4 Å². The van der Waals surface area contributed by atoms with Gasteiger partial charge in [-0.2, -0.15) is 0 Å². The number of anilines is 1. The Labute approximate surface area is 175 Å². The Hall–Kier alpha value is -2.57. The molecule has 0 fully saturated rings. The molecule has 1 aliphatic rings. The van der Waals surface area contributed by atoms with Crippen molar-refractivity contribution in [1.29, 1.82) is 0 Å². The zero-order valence-corrected chi connectivity index (χ0v) is 17.4. The van der Waals surface area contributed by atoms with Crippen molar-refractivity contribution >= 4 is 17.8 Å². The first-order valence-electron chi connectivity index (χ1n) is 9.88. The number of hydrogen-bond acceptors (Lipinski definition) is 5. The highest BCUT2D eigenvalue weighted by atomic mass is 32.2. The molecule has 2 aromatic carbocycles. The molecule has 0 saturated carbocycles. The molecular formula is C23H24FN3OS. The van der Waals surface area contributed by atoms with Gasteiger partial charge in [-0.3, -0.25) is 0 Å². The molecule has 150 valence electrons. The highest BCUT2D eigenvalue weighted by Crippen LogP contribution is 2.36. The van der Waals surface area contributed by atoms with E-state index < -0.39 is 0 Å². The van der Waals surface area contributed by atoms with Gasteiger partial charge in [0.1, 0.15) is 12.4 Å². The molecule has 29 heavy (non-hydrogen) atoms. The molecule has 0 aliphatic carbocycles. The number of pyridine rings is 1. The van der Waals surface area contributed by atoms with Gasteiger partial charge in [-0.25, -0.2) is 13.7 Å². The van der Waals surface area contributed by atoms with Gasteiger partial charge in [0.25, 0.3) is 0 Å². The molecular weight excluding hydrogens is 385 g/mol. The van der Waals surface area contributed by atoms with E-state index in [1.54, 1.807) is 24.2 Å². The lowest BCUT2D eigenvalue weighted by Crippen LogP contribution is -2.18. The van der Waals surface area contributed by atoms with Gasteiger partial charge in [0.15, 0.2) is 11.6 Å². The fourth-order valence-corrected chi connectivity index (χ4v) is 4.32. The van der Waals surface area contributed by atoms with Gasteiger partial charge in [0, 0.05) is 35.3 Å². The van der Waals surface area contributed by atoms with Gasteiger partial charge in [-0.05, 0) is 41.3 Å². The van der Waals surface area contributed by atoms with Crippen LogP contribution in [-0.4, -0.2) is 35.5 Å². The third-order valence-corrected chi connectivity index (χ3v) is 6.24. The Morgan fingerprint density at radius 1 is 1.07 bits per heavy atom. The van der Waals surface area contributed by atoms with Crippen molar-refractivity contribution < 1.29 is 9.13 Å². The maximum absolute atomic E-state index is 15.1. The van der Waals surface area contributed by atoms with Crippen molar-refractivity contribution in [2.45, 2.75) is 18.7 Å². The number of rotatable bonds is 6. The molecule has 4 rings (SSSR count). The van der Waals surface area contributed by atoms with E-state index in [2.05, 4.69) is 34.5 Å². The van der Waals surface area contributed by atoms with Crippen LogP contribution in [0.2, 0.25) is 0 Å². The molecule has 4 nitrogen and oxygen atoms in total. The summed E-state index contributed by atoms with van der Waals surface area (Å²) >= 11 is 1.71. The monoisotopic (exact) mass is 409 g/mol. The minimum absolute atomic E-state index is 0.268. The average Bonchev–Trinajstić information content (AvgIpc) is 2.77. The van der Waals surface area contributed by atoms with E-state index in [0.29, 0.717) is 29.3 Å². The largest absolute Gasteiger partial charge is 0.488 e. The molecule has 0 bridgehead atoms. The van der Waals surface area contributed by atoms with Crippen LogP contribution in [0.4, 0.5) is 10.2 Å². The van der Waals surface area contributed by atoms with E-state index in [4.69, 9.17) is 4.74 Å². The molecule has 0 saturated heterocycles. The number of fused-ring (bicyclic) bond motifs is 1. The van der Waals surface area contributed by atoms with Crippen LogP contribution in [0.25, 0.3) is 22.3 Å². The SMILES string of the molecule is CCN(CC)Sc1ccccc1-c1ccc(-c2cnc3c(c2)OCCN3)c(F)c1. The van der Waals surface area contributed by atoms with Crippen LogP contribution in [0.5, 0.6) is 5.75 Å². The summed E-state index contributed by atoms with van der Waals surface area (Å²) in [4.78, 5) is 5.49. The molecule has 0 atom stereocenters. The summed E-state index contributed by atoms with van der Waals surface area (Å²) in [5, 5.41) is 3.18. The van der Waals surface area contributed by atoms with Crippen molar-refractivity contribution in [3.8, 4) is 28.0 Å². The van der Waals surface area contributed by atoms with E-state index in [-0.39, 0.29) is 5.82 Å². The van der Waals surface area contributed by atoms with Crippen LogP contribution in [0.3, 0.4) is 0 Å². The van der Waals surface area contributed by atoms with E-state index in [9.17, 15) is 0 Å². The average molecular weight is 410 g/mol. The van der Waals surface area contributed by atoms with Gasteiger partial charge < -0.3 is 10.1 Å². The molecule has 0 spiro atoms. The summed E-state index contributed by atoms with van der Waals surface area (Å²) in [5.41, 5.74) is 3.13. The normalized spacial score (nSPS) is 13.0. The maximum Gasteiger partial charge on any atom is 0.168 e. The lowest BCUT2D eigenvalue weighted by atomic mass is 10.0. The number of nitrogens with one attached hydrogen (secondary N) is 1. The first-order valence-corrected chi connectivity index (χ1v) is 10.7. The quantitative estimate of drug-likeness (QED) is 0.528. The minimum Gasteiger partial charge on any atom is -0.488 e. The fraction of sp³-hybridized carbons (Fsp3) is 0.261. The number of halogens is 1. The van der Waals surface area contributed by atoms with Crippen molar-refractivity contribution in [3.05, 3.63) is 60.5 Å². The molecule has 6 heteroatoms. The van der Waals surface area contributed by atoms with Crippen molar-refractivity contribution in [2.75, 3.05) is 31.6 Å². The van der Waals surface area contributed by atoms with Crippen molar-refractivity contribution in [1.82, 2.24) is 9.29 Å². The third kappa shape index (κ3) is 4.23. The predicted octanol–water partition coefficient (Wildman–Crippen LogP) is 5.71. The van der Waals surface area contributed by atoms with Crippen molar-refractivity contribution in [3.63, 3.8) is 0 Å². The van der Waals surface area contributed by atoms with Gasteiger partial charge in [0.2, 0.25) is 0 Å². The first-order chi connectivity index (χ1) is 14.2. The first kappa shape index (κ1) is 19.7. The second-order valence-electron chi connectivity index (χ2n) is 6.74. The number of ether oxygens (including phenoxy) is 1. The molecule has 0 unspecified atom stereocenters. The molecule has 0 amide bonds. The lowest BCUT2D eigenvalue weighted by molar-refractivity contribution is 0.321. The van der Waals surface area contributed by atoms with Crippen LogP contribution in [-0.2, 0) is 0 Å². The summed E-state index contributed by atoms with van der Waals surface area (Å²) in [6, 6.07) is 15.4. The van der Waals surface area contributed by atoms with Crippen LogP contribution in [0.1, 0.15) is 13.8 Å². The van der Waals surface area contributed by atoms with E-state index in [1.165, 1.54) is 0 Å². The second kappa shape index (κ2) is 8.84. The molecule has 1 aliphatic heterocycles. The molecule has 1 aromatic heterocycles. The fourth-order valence-electron chi connectivity index (χ4n) is 3.36. The lowest BCUT2D eigenvalue weighted by Gasteiger charge is -2.19. The maximum atomic E-state index is 15.1. The smallest absolute Gasteiger partial charge is 0.168 e. The van der Waals surface area contributed by atoms with Crippen LogP contribution in [0.15, 0.2) is 59.6 Å². The summed E-state index contributed by atoms with van der Waals surface area (Å²) in [6.07, 6.45) is 1.68. The van der Waals surface area contributed by atoms with Gasteiger partial charge in [-0.1, -0.05) is 44.2 Å². The standard InChI is InChI=1S/C23H24FN3OS/c1-3-27(4-2)29-22-8-6-5-7-19(22)16-9-10-18(20(24)13-16)17-14-21-23(26-15-17)25-11-12-28-21/h5-10,13-15H,3-4,11-12H2,1-2H3,(H,25,26). The van der Waals surface area contributed by atoms with Gasteiger partial charge in [-0.15, -0.1) is 0 Å². The predicted molar refractivity (Wildman–Crippen MR) is 118 cm³/mol. The van der Waals surface area contributed by atoms with E-state index in [1.807, 2.05) is 36.4 Å².